The van der Waals surface area contributed by atoms with E-state index in [1.165, 1.54) is 0 Å². The minimum absolute atomic E-state index is 0.149. The lowest BCUT2D eigenvalue weighted by Gasteiger charge is -2.10. The molecule has 120 valence electrons. The standard InChI is InChI=1S/C15H15Cl2N5O/c1-8(2)22-7-18-12-13(20-15(17)21-14(12)22)19-10-4-9(16)5-11(6-10)23-3/h4-8H,1-3H3,(H,19,20,21). The smallest absolute Gasteiger partial charge is 0.226 e. The highest BCUT2D eigenvalue weighted by Gasteiger charge is 2.14. The number of imidazole rings is 1. The molecular formula is C15H15Cl2N5O. The van der Waals surface area contributed by atoms with Gasteiger partial charge in [0.2, 0.25) is 5.28 Å². The van der Waals surface area contributed by atoms with Crippen LogP contribution in [0.15, 0.2) is 24.5 Å². The van der Waals surface area contributed by atoms with Crippen LogP contribution >= 0.6 is 23.2 Å². The van der Waals surface area contributed by atoms with Crippen LogP contribution in [0.25, 0.3) is 11.2 Å². The number of anilines is 2. The molecule has 0 amide bonds. The summed E-state index contributed by atoms with van der Waals surface area (Å²) in [5, 5.41) is 3.88. The maximum atomic E-state index is 6.09. The zero-order valence-corrected chi connectivity index (χ0v) is 14.4. The quantitative estimate of drug-likeness (QED) is 0.702. The minimum Gasteiger partial charge on any atom is -0.497 e. The van der Waals surface area contributed by atoms with E-state index in [4.69, 9.17) is 27.9 Å². The average molecular weight is 352 g/mol. The molecule has 0 unspecified atom stereocenters. The van der Waals surface area contributed by atoms with Gasteiger partial charge < -0.3 is 14.6 Å². The topological polar surface area (TPSA) is 64.9 Å². The van der Waals surface area contributed by atoms with Gasteiger partial charge in [0, 0.05) is 22.8 Å². The summed E-state index contributed by atoms with van der Waals surface area (Å²) in [5.41, 5.74) is 2.04. The molecular weight excluding hydrogens is 337 g/mol. The molecule has 23 heavy (non-hydrogen) atoms. The number of benzene rings is 1. The monoisotopic (exact) mass is 351 g/mol. The zero-order chi connectivity index (χ0) is 16.6. The number of methoxy groups -OCH3 is 1. The van der Waals surface area contributed by atoms with Crippen molar-refractivity contribution in [3.05, 3.63) is 34.8 Å². The molecule has 2 heterocycles. The summed E-state index contributed by atoms with van der Waals surface area (Å²) >= 11 is 12.2. The van der Waals surface area contributed by atoms with Gasteiger partial charge in [-0.25, -0.2) is 4.98 Å². The van der Waals surface area contributed by atoms with E-state index in [0.717, 1.165) is 5.69 Å². The van der Waals surface area contributed by atoms with Crippen molar-refractivity contribution in [2.75, 3.05) is 12.4 Å². The van der Waals surface area contributed by atoms with Crippen molar-refractivity contribution < 1.29 is 4.74 Å². The molecule has 0 aliphatic carbocycles. The normalized spacial score (nSPS) is 11.2. The van der Waals surface area contributed by atoms with Gasteiger partial charge in [0.05, 0.1) is 13.4 Å². The highest BCUT2D eigenvalue weighted by molar-refractivity contribution is 6.31. The SMILES string of the molecule is COc1cc(Cl)cc(Nc2nc(Cl)nc3c2ncn3C(C)C)c1. The summed E-state index contributed by atoms with van der Waals surface area (Å²) < 4.78 is 7.15. The summed E-state index contributed by atoms with van der Waals surface area (Å²) in [5.74, 6) is 1.16. The van der Waals surface area contributed by atoms with E-state index in [9.17, 15) is 0 Å². The maximum Gasteiger partial charge on any atom is 0.226 e. The number of hydrogen-bond acceptors (Lipinski definition) is 5. The van der Waals surface area contributed by atoms with Gasteiger partial charge in [-0.05, 0) is 37.6 Å². The number of aromatic nitrogens is 4. The fourth-order valence-electron chi connectivity index (χ4n) is 2.24. The predicted molar refractivity (Wildman–Crippen MR) is 92.0 cm³/mol. The predicted octanol–water partition coefficient (Wildman–Crippen LogP) is 4.47. The molecule has 1 aromatic carbocycles. The van der Waals surface area contributed by atoms with Crippen molar-refractivity contribution in [1.29, 1.82) is 0 Å². The van der Waals surface area contributed by atoms with Crippen molar-refractivity contribution in [1.82, 2.24) is 19.5 Å². The molecule has 0 fully saturated rings. The summed E-state index contributed by atoms with van der Waals surface area (Å²) in [7, 11) is 1.58. The Bertz CT molecular complexity index is 862. The first-order valence-electron chi connectivity index (χ1n) is 6.99. The molecule has 8 heteroatoms. The Kier molecular flexibility index (Phi) is 4.28. The Morgan fingerprint density at radius 3 is 2.65 bits per heavy atom. The third kappa shape index (κ3) is 3.18. The molecule has 0 atom stereocenters. The highest BCUT2D eigenvalue weighted by Crippen LogP contribution is 2.29. The molecule has 0 aliphatic heterocycles. The number of hydrogen-bond donors (Lipinski definition) is 1. The molecule has 0 radical (unpaired) electrons. The van der Waals surface area contributed by atoms with Crippen molar-refractivity contribution in [3.63, 3.8) is 0 Å². The highest BCUT2D eigenvalue weighted by atomic mass is 35.5. The third-order valence-electron chi connectivity index (χ3n) is 3.32. The van der Waals surface area contributed by atoms with Crippen LogP contribution in [0.1, 0.15) is 19.9 Å². The second kappa shape index (κ2) is 6.22. The van der Waals surface area contributed by atoms with E-state index in [1.807, 2.05) is 24.5 Å². The van der Waals surface area contributed by atoms with Gasteiger partial charge >= 0.3 is 0 Å². The number of nitrogens with one attached hydrogen (secondary N) is 1. The molecule has 1 N–H and O–H groups in total. The van der Waals surface area contributed by atoms with Crippen molar-refractivity contribution in [3.8, 4) is 5.75 Å². The van der Waals surface area contributed by atoms with E-state index >= 15 is 0 Å². The van der Waals surface area contributed by atoms with E-state index in [-0.39, 0.29) is 11.3 Å². The van der Waals surface area contributed by atoms with E-state index in [2.05, 4.69) is 20.3 Å². The molecule has 0 bridgehead atoms. The van der Waals surface area contributed by atoms with Crippen molar-refractivity contribution >= 4 is 45.9 Å². The molecule has 6 nitrogen and oxygen atoms in total. The van der Waals surface area contributed by atoms with Crippen LogP contribution in [0.2, 0.25) is 10.3 Å². The average Bonchev–Trinajstić information content (AvgIpc) is 2.90. The number of nitrogens with zero attached hydrogens (tertiary/aromatic N) is 4. The fourth-order valence-corrected chi connectivity index (χ4v) is 2.63. The van der Waals surface area contributed by atoms with Crippen LogP contribution in [-0.2, 0) is 0 Å². The summed E-state index contributed by atoms with van der Waals surface area (Å²) in [4.78, 5) is 12.9. The lowest BCUT2D eigenvalue weighted by molar-refractivity contribution is 0.415. The molecule has 0 saturated heterocycles. The molecule has 2 aromatic heterocycles. The summed E-state index contributed by atoms with van der Waals surface area (Å²) in [6, 6.07) is 5.52. The van der Waals surface area contributed by atoms with Gasteiger partial charge in [0.25, 0.3) is 0 Å². The Balaban J connectivity index is 2.08. The number of rotatable bonds is 4. The molecule has 3 rings (SSSR count). The van der Waals surface area contributed by atoms with Gasteiger partial charge in [0.1, 0.15) is 5.75 Å². The van der Waals surface area contributed by atoms with Crippen LogP contribution in [0.5, 0.6) is 5.75 Å². The van der Waals surface area contributed by atoms with Crippen LogP contribution in [-0.4, -0.2) is 26.6 Å². The molecule has 3 aromatic rings. The maximum absolute atomic E-state index is 6.09. The Labute approximate surface area is 143 Å². The largest absolute Gasteiger partial charge is 0.497 e. The summed E-state index contributed by atoms with van der Waals surface area (Å²) in [6.07, 6.45) is 1.73. The van der Waals surface area contributed by atoms with Gasteiger partial charge in [-0.3, -0.25) is 0 Å². The molecule has 0 aliphatic rings. The Morgan fingerprint density at radius 1 is 1.17 bits per heavy atom. The van der Waals surface area contributed by atoms with Gasteiger partial charge in [-0.15, -0.1) is 0 Å². The second-order valence-electron chi connectivity index (χ2n) is 5.26. The first-order chi connectivity index (χ1) is 11.0. The van der Waals surface area contributed by atoms with Gasteiger partial charge in [-0.1, -0.05) is 11.6 Å². The first kappa shape index (κ1) is 15.8. The van der Waals surface area contributed by atoms with Crippen molar-refractivity contribution in [2.24, 2.45) is 0 Å². The Morgan fingerprint density at radius 2 is 1.96 bits per heavy atom. The molecule has 0 spiro atoms. The van der Waals surface area contributed by atoms with Crippen LogP contribution < -0.4 is 10.1 Å². The zero-order valence-electron chi connectivity index (χ0n) is 12.8. The van der Waals surface area contributed by atoms with Crippen LogP contribution in [0, 0.1) is 0 Å². The van der Waals surface area contributed by atoms with E-state index in [1.54, 1.807) is 25.6 Å². The number of ether oxygens (including phenoxy) is 1. The number of fused-ring (bicyclic) bond motifs is 1. The first-order valence-corrected chi connectivity index (χ1v) is 7.75. The van der Waals surface area contributed by atoms with Gasteiger partial charge in [-0.2, -0.15) is 9.97 Å². The third-order valence-corrected chi connectivity index (χ3v) is 3.71. The lowest BCUT2D eigenvalue weighted by Crippen LogP contribution is -2.02. The molecule has 0 saturated carbocycles. The van der Waals surface area contributed by atoms with Crippen LogP contribution in [0.4, 0.5) is 11.5 Å². The van der Waals surface area contributed by atoms with E-state index in [0.29, 0.717) is 27.8 Å². The summed E-state index contributed by atoms with van der Waals surface area (Å²) in [6.45, 7) is 4.10. The van der Waals surface area contributed by atoms with Crippen molar-refractivity contribution in [2.45, 2.75) is 19.9 Å². The Hall–Kier alpha value is -2.05. The lowest BCUT2D eigenvalue weighted by atomic mass is 10.3. The number of halogens is 2. The van der Waals surface area contributed by atoms with Gasteiger partial charge in [0.15, 0.2) is 17.0 Å². The van der Waals surface area contributed by atoms with Crippen LogP contribution in [0.3, 0.4) is 0 Å². The fraction of sp³-hybridized carbons (Fsp3) is 0.267. The van der Waals surface area contributed by atoms with E-state index < -0.39 is 0 Å². The minimum atomic E-state index is 0.149. The second-order valence-corrected chi connectivity index (χ2v) is 6.04.